The zero-order chi connectivity index (χ0) is 16.7. The van der Waals surface area contributed by atoms with Gasteiger partial charge in [-0.05, 0) is 13.2 Å². The average molecular weight is 395 g/mol. The van der Waals surface area contributed by atoms with E-state index >= 15 is 0 Å². The number of carbonyl (C=O) groups is 2. The van der Waals surface area contributed by atoms with Crippen LogP contribution in [0, 0.1) is 0 Å². The van der Waals surface area contributed by atoms with Crippen LogP contribution in [0.3, 0.4) is 0 Å². The molecular formula is C6H14NaO14P2. The van der Waals surface area contributed by atoms with E-state index in [1.54, 1.807) is 0 Å². The maximum absolute atomic E-state index is 9.89. The number of phosphoric ester groups is 2. The van der Waals surface area contributed by atoms with E-state index in [0.717, 1.165) is 0 Å². The van der Waals surface area contributed by atoms with Crippen molar-refractivity contribution in [1.29, 1.82) is 0 Å². The largest absolute Gasteiger partial charge is 0.525 e. The normalized spacial score (nSPS) is 9.22. The zero-order valence-electron chi connectivity index (χ0n) is 11.4. The summed E-state index contributed by atoms with van der Waals surface area (Å²) in [5.41, 5.74) is 0. The summed E-state index contributed by atoms with van der Waals surface area (Å²) in [5, 5.41) is 16.0. The summed E-state index contributed by atoms with van der Waals surface area (Å²) in [6, 6.07) is 0. The van der Waals surface area contributed by atoms with Crippen molar-refractivity contribution >= 4 is 57.1 Å². The molecule has 0 aromatic heterocycles. The molecule has 0 amide bonds. The van der Waals surface area contributed by atoms with Crippen LogP contribution in [0.2, 0.25) is 0 Å². The third kappa shape index (κ3) is 26.5. The summed E-state index contributed by atoms with van der Waals surface area (Å²) in [6.45, 7) is 5.45. The third-order valence-corrected chi connectivity index (χ3v) is 1.85. The molecule has 0 saturated carbocycles. The molecule has 0 aliphatic carbocycles. The van der Waals surface area contributed by atoms with Crippen molar-refractivity contribution < 1.29 is 68.5 Å². The molecule has 0 bridgehead atoms. The third-order valence-electron chi connectivity index (χ3n) is 0.935. The monoisotopic (exact) mass is 395 g/mol. The second-order valence-electron chi connectivity index (χ2n) is 2.62. The molecule has 0 fully saturated rings. The molecule has 14 nitrogen and oxygen atoms in total. The van der Waals surface area contributed by atoms with Crippen molar-refractivity contribution in [3.8, 4) is 0 Å². The molecule has 0 aliphatic heterocycles. The first-order chi connectivity index (χ1) is 8.65. The van der Waals surface area contributed by atoms with Gasteiger partial charge < -0.3 is 30.2 Å². The quantitative estimate of drug-likeness (QED) is 0.116. The summed E-state index contributed by atoms with van der Waals surface area (Å²) < 4.78 is 26.9. The Labute approximate surface area is 150 Å². The minimum Gasteiger partial charge on any atom is -0.475 e. The van der Waals surface area contributed by atoms with Gasteiger partial charge in [-0.1, -0.05) is 0 Å². The van der Waals surface area contributed by atoms with E-state index in [9.17, 15) is 18.7 Å². The molecule has 23 heavy (non-hydrogen) atoms. The van der Waals surface area contributed by atoms with Crippen LogP contribution in [0.1, 0.15) is 0 Å². The van der Waals surface area contributed by atoms with Crippen LogP contribution in [-0.4, -0.2) is 82.2 Å². The van der Waals surface area contributed by atoms with Gasteiger partial charge in [0.25, 0.3) is 0 Å². The average Bonchev–Trinajstić information content (AvgIpc) is 2.12. The molecule has 0 aromatic carbocycles. The Morgan fingerprint density at radius 3 is 0.957 bits per heavy atom. The predicted molar refractivity (Wildman–Crippen MR) is 72.8 cm³/mol. The summed E-state index contributed by atoms with van der Waals surface area (Å²) in [6.07, 6.45) is 0. The molecule has 0 rings (SSSR count). The Morgan fingerprint density at radius 2 is 0.913 bits per heavy atom. The van der Waals surface area contributed by atoms with Gasteiger partial charge >= 0.3 is 27.6 Å². The number of hydrogen-bond acceptors (Lipinski definition) is 6. The second kappa shape index (κ2) is 13.7. The van der Waals surface area contributed by atoms with Gasteiger partial charge in [0.05, 0.1) is 0 Å². The SMILES string of the molecule is C=C(OP(=O)(O)O)C(=O)O.C=C(OP(=O)(O)O)C(=O)O.O.O.[Na]. The molecule has 0 unspecified atom stereocenters. The Morgan fingerprint density at radius 1 is 0.739 bits per heavy atom. The number of aliphatic carboxylic acids is 2. The molecular weight excluding hydrogens is 381 g/mol. The van der Waals surface area contributed by atoms with E-state index in [2.05, 4.69) is 22.2 Å². The Balaban J connectivity index is -0.0000000831. The molecule has 0 saturated heterocycles. The molecule has 0 spiro atoms. The van der Waals surface area contributed by atoms with Gasteiger partial charge in [-0.15, -0.1) is 0 Å². The van der Waals surface area contributed by atoms with Crippen molar-refractivity contribution in [3.63, 3.8) is 0 Å². The van der Waals surface area contributed by atoms with Crippen LogP contribution in [0.15, 0.2) is 24.7 Å². The van der Waals surface area contributed by atoms with Crippen LogP contribution >= 0.6 is 15.6 Å². The maximum Gasteiger partial charge on any atom is 0.525 e. The van der Waals surface area contributed by atoms with Crippen molar-refractivity contribution in [3.05, 3.63) is 24.7 Å². The Bertz CT molecular complexity index is 455. The van der Waals surface area contributed by atoms with Gasteiger partial charge in [0, 0.05) is 29.6 Å². The summed E-state index contributed by atoms with van der Waals surface area (Å²) in [5.74, 6) is -5.17. The molecule has 0 heterocycles. The molecule has 133 valence electrons. The minimum atomic E-state index is -4.76. The van der Waals surface area contributed by atoms with E-state index in [1.165, 1.54) is 0 Å². The van der Waals surface area contributed by atoms with E-state index in [4.69, 9.17) is 29.8 Å². The van der Waals surface area contributed by atoms with Gasteiger partial charge in [0.1, 0.15) is 0 Å². The van der Waals surface area contributed by atoms with Crippen LogP contribution in [-0.2, 0) is 27.8 Å². The smallest absolute Gasteiger partial charge is 0.475 e. The van der Waals surface area contributed by atoms with Crippen LogP contribution in [0.5, 0.6) is 0 Å². The fraction of sp³-hybridized carbons (Fsp3) is 0. The fourth-order valence-electron chi connectivity index (χ4n) is 0.365. The first kappa shape index (κ1) is 33.8. The first-order valence-corrected chi connectivity index (χ1v) is 7.06. The second-order valence-corrected chi connectivity index (χ2v) is 4.95. The Hall–Kier alpha value is -0.760. The molecule has 0 aliphatic rings. The van der Waals surface area contributed by atoms with E-state index in [-0.39, 0.29) is 40.5 Å². The maximum atomic E-state index is 9.89. The van der Waals surface area contributed by atoms with Gasteiger partial charge in [-0.2, -0.15) is 0 Å². The molecule has 0 atom stereocenters. The summed E-state index contributed by atoms with van der Waals surface area (Å²) in [7, 11) is -9.51. The van der Waals surface area contributed by atoms with E-state index in [0.29, 0.717) is 0 Å². The summed E-state index contributed by atoms with van der Waals surface area (Å²) in [4.78, 5) is 51.6. The van der Waals surface area contributed by atoms with Crippen LogP contribution in [0.4, 0.5) is 0 Å². The number of carboxylic acid groups (broad SMARTS) is 2. The number of hydrogen-bond donors (Lipinski definition) is 6. The van der Waals surface area contributed by atoms with Crippen LogP contribution < -0.4 is 0 Å². The minimum absolute atomic E-state index is 0. The van der Waals surface area contributed by atoms with Crippen molar-refractivity contribution in [1.82, 2.24) is 0 Å². The number of rotatable bonds is 6. The Kier molecular flexibility index (Phi) is 20.0. The van der Waals surface area contributed by atoms with Crippen molar-refractivity contribution in [2.75, 3.05) is 0 Å². The van der Waals surface area contributed by atoms with Gasteiger partial charge in [-0.3, -0.25) is 19.6 Å². The fourth-order valence-corrected chi connectivity index (χ4v) is 1.10. The van der Waals surface area contributed by atoms with Gasteiger partial charge in [0.2, 0.25) is 11.5 Å². The van der Waals surface area contributed by atoms with E-state index in [1.807, 2.05) is 0 Å². The van der Waals surface area contributed by atoms with E-state index < -0.39 is 39.1 Å². The number of carboxylic acids is 2. The molecule has 0 aromatic rings. The standard InChI is InChI=1S/2C3H5O6P.Na.2H2O/c2*1-2(3(4)5)9-10(6,7)8;;;/h2*1H2,(H,4,5)(H2,6,7,8);;2*1H2. The van der Waals surface area contributed by atoms with Gasteiger partial charge in [-0.25, -0.2) is 18.7 Å². The predicted octanol–water partition coefficient (Wildman–Crippen LogP) is -2.64. The number of phosphoric acid groups is 2. The molecule has 1 radical (unpaired) electrons. The zero-order valence-corrected chi connectivity index (χ0v) is 15.2. The van der Waals surface area contributed by atoms with Gasteiger partial charge in [0.15, 0.2) is 0 Å². The topological polar surface area (TPSA) is 271 Å². The first-order valence-electron chi connectivity index (χ1n) is 4.00. The molecule has 10 N–H and O–H groups in total. The van der Waals surface area contributed by atoms with Crippen molar-refractivity contribution in [2.24, 2.45) is 0 Å². The molecule has 17 heteroatoms. The summed E-state index contributed by atoms with van der Waals surface area (Å²) >= 11 is 0. The van der Waals surface area contributed by atoms with Crippen LogP contribution in [0.25, 0.3) is 0 Å². The van der Waals surface area contributed by atoms with Crippen molar-refractivity contribution in [2.45, 2.75) is 0 Å².